The zero-order chi connectivity index (χ0) is 11.5. The van der Waals surface area contributed by atoms with Crippen LogP contribution in [0.5, 0.6) is 5.75 Å². The Morgan fingerprint density at radius 3 is 2.56 bits per heavy atom. The van der Waals surface area contributed by atoms with Crippen LogP contribution in [0.2, 0.25) is 0 Å². The number of allylic oxidation sites excluding steroid dienone is 1. The van der Waals surface area contributed by atoms with Crippen LogP contribution in [-0.2, 0) is 11.3 Å². The van der Waals surface area contributed by atoms with Crippen LogP contribution < -0.4 is 4.74 Å². The van der Waals surface area contributed by atoms with Gasteiger partial charge in [0.15, 0.2) is 0 Å². The number of methoxy groups -OCH3 is 1. The number of likely N-dealkylation sites (tertiary alicyclic amines) is 1. The summed E-state index contributed by atoms with van der Waals surface area (Å²) < 4.78 is 5.08. The maximum atomic E-state index is 11.6. The normalized spacial score (nSPS) is 17.5. The molecule has 2 rings (SSSR count). The van der Waals surface area contributed by atoms with Crippen molar-refractivity contribution in [3.63, 3.8) is 0 Å². The molecule has 0 aliphatic carbocycles. The van der Waals surface area contributed by atoms with Crippen molar-refractivity contribution in [2.24, 2.45) is 0 Å². The van der Waals surface area contributed by atoms with E-state index in [1.165, 1.54) is 0 Å². The number of hydrogen-bond acceptors (Lipinski definition) is 2. The third kappa shape index (κ3) is 1.94. The van der Waals surface area contributed by atoms with E-state index in [-0.39, 0.29) is 5.91 Å². The second kappa shape index (κ2) is 4.39. The van der Waals surface area contributed by atoms with Gasteiger partial charge in [-0.3, -0.25) is 4.79 Å². The molecule has 1 aliphatic rings. The average molecular weight is 217 g/mol. The molecule has 0 radical (unpaired) electrons. The molecule has 1 saturated heterocycles. The summed E-state index contributed by atoms with van der Waals surface area (Å²) in [6, 6.07) is 7.80. The third-order valence-electron chi connectivity index (χ3n) is 2.80. The lowest BCUT2D eigenvalue weighted by Crippen LogP contribution is -2.45. The van der Waals surface area contributed by atoms with E-state index < -0.39 is 0 Å². The number of nitrogens with zero attached hydrogens (tertiary/aromatic N) is 1. The summed E-state index contributed by atoms with van der Waals surface area (Å²) in [6.45, 7) is 3.35. The lowest BCUT2D eigenvalue weighted by atomic mass is 10.1. The lowest BCUT2D eigenvalue weighted by molar-refractivity contribution is -0.133. The highest BCUT2D eigenvalue weighted by Gasteiger charge is 2.29. The zero-order valence-corrected chi connectivity index (χ0v) is 9.56. The third-order valence-corrected chi connectivity index (χ3v) is 2.80. The monoisotopic (exact) mass is 217 g/mol. The Kier molecular flexibility index (Phi) is 2.95. The molecule has 0 unspecified atom stereocenters. The maximum Gasteiger partial charge on any atom is 0.251 e. The highest BCUT2D eigenvalue weighted by atomic mass is 16.5. The summed E-state index contributed by atoms with van der Waals surface area (Å²) >= 11 is 0. The fourth-order valence-electron chi connectivity index (χ4n) is 1.75. The van der Waals surface area contributed by atoms with Crippen LogP contribution >= 0.6 is 0 Å². The van der Waals surface area contributed by atoms with Crippen LogP contribution in [0.15, 0.2) is 35.9 Å². The summed E-state index contributed by atoms with van der Waals surface area (Å²) in [6.07, 6.45) is 1.88. The topological polar surface area (TPSA) is 29.5 Å². The molecule has 0 atom stereocenters. The maximum absolute atomic E-state index is 11.6. The number of carbonyl (C=O) groups is 1. The fourth-order valence-corrected chi connectivity index (χ4v) is 1.75. The van der Waals surface area contributed by atoms with Crippen molar-refractivity contribution in [1.82, 2.24) is 4.90 Å². The fraction of sp³-hybridized carbons (Fsp3) is 0.308. The van der Waals surface area contributed by atoms with Gasteiger partial charge in [-0.25, -0.2) is 0 Å². The van der Waals surface area contributed by atoms with Gasteiger partial charge in [0.05, 0.1) is 13.7 Å². The van der Waals surface area contributed by atoms with Gasteiger partial charge in [-0.2, -0.15) is 0 Å². The molecular formula is C13H15NO2. The Morgan fingerprint density at radius 1 is 1.38 bits per heavy atom. The number of rotatable bonds is 3. The Balaban J connectivity index is 1.98. The first kappa shape index (κ1) is 10.7. The molecule has 3 heteroatoms. The van der Waals surface area contributed by atoms with Gasteiger partial charge in [0, 0.05) is 12.1 Å². The van der Waals surface area contributed by atoms with Crippen LogP contribution in [-0.4, -0.2) is 24.5 Å². The quantitative estimate of drug-likeness (QED) is 0.572. The number of hydrogen-bond donors (Lipinski definition) is 0. The van der Waals surface area contributed by atoms with Gasteiger partial charge in [-0.1, -0.05) is 18.2 Å². The van der Waals surface area contributed by atoms with Gasteiger partial charge in [-0.15, -0.1) is 0 Å². The Bertz CT molecular complexity index is 420. The molecule has 0 N–H and O–H groups in total. The average Bonchev–Trinajstić information content (AvgIpc) is 2.34. The Morgan fingerprint density at radius 2 is 2.06 bits per heavy atom. The van der Waals surface area contributed by atoms with Crippen molar-refractivity contribution >= 4 is 5.91 Å². The largest absolute Gasteiger partial charge is 0.497 e. The van der Waals surface area contributed by atoms with E-state index in [1.807, 2.05) is 42.2 Å². The highest BCUT2D eigenvalue weighted by Crippen LogP contribution is 2.20. The van der Waals surface area contributed by atoms with E-state index in [2.05, 4.69) is 0 Å². The van der Waals surface area contributed by atoms with Crippen molar-refractivity contribution in [3.05, 3.63) is 41.5 Å². The molecule has 1 aromatic carbocycles. The first-order valence-corrected chi connectivity index (χ1v) is 5.32. The van der Waals surface area contributed by atoms with Gasteiger partial charge in [0.1, 0.15) is 5.75 Å². The molecule has 1 fully saturated rings. The van der Waals surface area contributed by atoms with E-state index in [4.69, 9.17) is 4.74 Å². The minimum atomic E-state index is 0.151. The Labute approximate surface area is 95.3 Å². The second-order valence-electron chi connectivity index (χ2n) is 3.82. The van der Waals surface area contributed by atoms with E-state index in [0.717, 1.165) is 23.4 Å². The lowest BCUT2D eigenvalue weighted by Gasteiger charge is -2.33. The Hall–Kier alpha value is -1.77. The van der Waals surface area contributed by atoms with Crippen molar-refractivity contribution in [1.29, 1.82) is 0 Å². The van der Waals surface area contributed by atoms with Crippen LogP contribution in [0.4, 0.5) is 0 Å². The zero-order valence-electron chi connectivity index (χ0n) is 9.56. The molecular weight excluding hydrogens is 202 g/mol. The van der Waals surface area contributed by atoms with Crippen molar-refractivity contribution in [2.45, 2.75) is 13.5 Å². The summed E-state index contributed by atoms with van der Waals surface area (Å²) in [4.78, 5) is 13.4. The van der Waals surface area contributed by atoms with Gasteiger partial charge in [-0.05, 0) is 24.6 Å². The minimum Gasteiger partial charge on any atom is -0.497 e. The summed E-state index contributed by atoms with van der Waals surface area (Å²) in [5.41, 5.74) is 2.04. The van der Waals surface area contributed by atoms with Crippen molar-refractivity contribution in [2.75, 3.05) is 13.7 Å². The smallest absolute Gasteiger partial charge is 0.251 e. The number of carbonyl (C=O) groups excluding carboxylic acids is 1. The molecule has 0 aromatic heterocycles. The van der Waals surface area contributed by atoms with E-state index in [0.29, 0.717) is 6.54 Å². The van der Waals surface area contributed by atoms with Crippen molar-refractivity contribution < 1.29 is 9.53 Å². The second-order valence-corrected chi connectivity index (χ2v) is 3.82. The van der Waals surface area contributed by atoms with Crippen molar-refractivity contribution in [3.8, 4) is 5.75 Å². The summed E-state index contributed by atoms with van der Waals surface area (Å²) in [5.74, 6) is 0.992. The molecule has 1 aliphatic heterocycles. The molecule has 84 valence electrons. The van der Waals surface area contributed by atoms with Gasteiger partial charge in [0.2, 0.25) is 0 Å². The van der Waals surface area contributed by atoms with Gasteiger partial charge in [0.25, 0.3) is 5.91 Å². The standard InChI is InChI=1S/C13H15NO2/c1-3-11-9-14(13(11)15)8-10-4-6-12(16-2)7-5-10/h3-7H,8-9H2,1-2H3/b11-3-. The predicted octanol–water partition coefficient (Wildman–Crippen LogP) is 1.98. The van der Waals surface area contributed by atoms with Crippen LogP contribution in [0.25, 0.3) is 0 Å². The highest BCUT2D eigenvalue weighted by molar-refractivity contribution is 6.00. The molecule has 3 nitrogen and oxygen atoms in total. The molecule has 1 amide bonds. The van der Waals surface area contributed by atoms with Crippen LogP contribution in [0, 0.1) is 0 Å². The van der Waals surface area contributed by atoms with Gasteiger partial charge >= 0.3 is 0 Å². The molecule has 1 heterocycles. The molecule has 1 aromatic rings. The molecule has 16 heavy (non-hydrogen) atoms. The first-order valence-electron chi connectivity index (χ1n) is 5.32. The number of amides is 1. The summed E-state index contributed by atoms with van der Waals surface area (Å²) in [5, 5.41) is 0. The van der Waals surface area contributed by atoms with E-state index >= 15 is 0 Å². The number of ether oxygens (including phenoxy) is 1. The van der Waals surface area contributed by atoms with Crippen LogP contribution in [0.3, 0.4) is 0 Å². The SMILES string of the molecule is C/C=C1/CN(Cc2ccc(OC)cc2)C1=O. The summed E-state index contributed by atoms with van der Waals surface area (Å²) in [7, 11) is 1.65. The molecule has 0 saturated carbocycles. The number of benzene rings is 1. The van der Waals surface area contributed by atoms with Gasteiger partial charge < -0.3 is 9.64 Å². The van der Waals surface area contributed by atoms with E-state index in [9.17, 15) is 4.79 Å². The predicted molar refractivity (Wildman–Crippen MR) is 62.2 cm³/mol. The molecule has 0 bridgehead atoms. The first-order chi connectivity index (χ1) is 7.74. The molecule has 0 spiro atoms. The van der Waals surface area contributed by atoms with E-state index in [1.54, 1.807) is 7.11 Å². The minimum absolute atomic E-state index is 0.151. The number of β-lactam (4-membered cyclic amide) rings is 1. The van der Waals surface area contributed by atoms with Crippen LogP contribution in [0.1, 0.15) is 12.5 Å².